The molecular weight excluding hydrogens is 256 g/mol. The average molecular weight is 265 g/mol. The molecule has 0 saturated heterocycles. The molecule has 1 heterocycles. The van der Waals surface area contributed by atoms with Gasteiger partial charge in [-0.15, -0.1) is 0 Å². The zero-order chi connectivity index (χ0) is 10.8. The van der Waals surface area contributed by atoms with Gasteiger partial charge in [-0.25, -0.2) is 4.68 Å². The first-order chi connectivity index (χ1) is 7.20. The standard InChI is InChI=1S/C11H9BrN2O/c1-8-2-3-10(4-11(8)12)14-6-9(7-15)5-13-14/h2-7H,1H3. The van der Waals surface area contributed by atoms with E-state index in [0.29, 0.717) is 5.56 Å². The molecule has 0 bridgehead atoms. The van der Waals surface area contributed by atoms with Crippen LogP contribution >= 0.6 is 15.9 Å². The number of aromatic nitrogens is 2. The largest absolute Gasteiger partial charge is 0.298 e. The molecule has 3 nitrogen and oxygen atoms in total. The molecule has 0 aliphatic rings. The van der Waals surface area contributed by atoms with Gasteiger partial charge in [-0.05, 0) is 24.6 Å². The van der Waals surface area contributed by atoms with Crippen LogP contribution in [0.5, 0.6) is 0 Å². The van der Waals surface area contributed by atoms with E-state index in [-0.39, 0.29) is 0 Å². The van der Waals surface area contributed by atoms with Crippen molar-refractivity contribution in [1.82, 2.24) is 9.78 Å². The van der Waals surface area contributed by atoms with E-state index in [2.05, 4.69) is 21.0 Å². The molecule has 76 valence electrons. The van der Waals surface area contributed by atoms with E-state index < -0.39 is 0 Å². The Balaban J connectivity index is 2.44. The fourth-order valence-corrected chi connectivity index (χ4v) is 1.63. The van der Waals surface area contributed by atoms with Crippen molar-refractivity contribution in [2.75, 3.05) is 0 Å². The van der Waals surface area contributed by atoms with Crippen LogP contribution in [0.3, 0.4) is 0 Å². The summed E-state index contributed by atoms with van der Waals surface area (Å²) in [7, 11) is 0. The molecule has 0 aliphatic carbocycles. The van der Waals surface area contributed by atoms with Gasteiger partial charge in [0, 0.05) is 10.7 Å². The smallest absolute Gasteiger partial charge is 0.153 e. The summed E-state index contributed by atoms with van der Waals surface area (Å²) in [6, 6.07) is 5.93. The average Bonchev–Trinajstić information content (AvgIpc) is 2.70. The van der Waals surface area contributed by atoms with E-state index in [9.17, 15) is 4.79 Å². The summed E-state index contributed by atoms with van der Waals surface area (Å²) < 4.78 is 2.71. The normalized spacial score (nSPS) is 10.3. The topological polar surface area (TPSA) is 34.9 Å². The van der Waals surface area contributed by atoms with E-state index in [1.807, 2.05) is 25.1 Å². The van der Waals surface area contributed by atoms with Crippen LogP contribution in [-0.2, 0) is 0 Å². The van der Waals surface area contributed by atoms with Gasteiger partial charge in [-0.2, -0.15) is 5.10 Å². The second kappa shape index (κ2) is 3.98. The number of carbonyl (C=O) groups is 1. The van der Waals surface area contributed by atoms with Crippen molar-refractivity contribution in [2.45, 2.75) is 6.92 Å². The first-order valence-electron chi connectivity index (χ1n) is 4.47. The van der Waals surface area contributed by atoms with Gasteiger partial charge in [0.25, 0.3) is 0 Å². The Morgan fingerprint density at radius 1 is 1.47 bits per heavy atom. The van der Waals surface area contributed by atoms with Crippen molar-refractivity contribution < 1.29 is 4.79 Å². The van der Waals surface area contributed by atoms with Crippen LogP contribution in [0.25, 0.3) is 5.69 Å². The Hall–Kier alpha value is -1.42. The number of rotatable bonds is 2. The van der Waals surface area contributed by atoms with Crippen molar-refractivity contribution in [2.24, 2.45) is 0 Å². The maximum Gasteiger partial charge on any atom is 0.153 e. The fraction of sp³-hybridized carbons (Fsp3) is 0.0909. The lowest BCUT2D eigenvalue weighted by Gasteiger charge is -2.03. The molecule has 0 unspecified atom stereocenters. The minimum absolute atomic E-state index is 0.576. The summed E-state index contributed by atoms with van der Waals surface area (Å²) in [5.74, 6) is 0. The Morgan fingerprint density at radius 3 is 2.87 bits per heavy atom. The molecule has 0 fully saturated rings. The van der Waals surface area contributed by atoms with Crippen molar-refractivity contribution in [3.05, 3.63) is 46.2 Å². The third-order valence-electron chi connectivity index (χ3n) is 2.16. The van der Waals surface area contributed by atoms with Crippen molar-refractivity contribution in [3.8, 4) is 5.69 Å². The summed E-state index contributed by atoms with van der Waals surface area (Å²) >= 11 is 3.46. The second-order valence-corrected chi connectivity index (χ2v) is 4.12. The summed E-state index contributed by atoms with van der Waals surface area (Å²) in [5.41, 5.74) is 2.67. The van der Waals surface area contributed by atoms with Gasteiger partial charge in [-0.1, -0.05) is 22.0 Å². The molecule has 0 aliphatic heterocycles. The van der Waals surface area contributed by atoms with Crippen LogP contribution in [0.15, 0.2) is 35.1 Å². The highest BCUT2D eigenvalue weighted by molar-refractivity contribution is 9.10. The fourth-order valence-electron chi connectivity index (χ4n) is 1.26. The third-order valence-corrected chi connectivity index (χ3v) is 3.01. The zero-order valence-corrected chi connectivity index (χ0v) is 9.73. The minimum Gasteiger partial charge on any atom is -0.298 e. The summed E-state index contributed by atoms with van der Waals surface area (Å²) in [6.45, 7) is 2.02. The van der Waals surface area contributed by atoms with E-state index in [1.165, 1.54) is 5.56 Å². The van der Waals surface area contributed by atoms with Crippen LogP contribution in [0, 0.1) is 6.92 Å². The first-order valence-corrected chi connectivity index (χ1v) is 5.26. The van der Waals surface area contributed by atoms with Crippen molar-refractivity contribution >= 4 is 22.2 Å². The van der Waals surface area contributed by atoms with E-state index in [4.69, 9.17) is 0 Å². The summed E-state index contributed by atoms with van der Waals surface area (Å²) in [5, 5.41) is 4.09. The molecule has 1 aromatic carbocycles. The molecule has 0 amide bonds. The Kier molecular flexibility index (Phi) is 2.68. The molecule has 2 rings (SSSR count). The lowest BCUT2D eigenvalue weighted by atomic mass is 10.2. The van der Waals surface area contributed by atoms with Gasteiger partial charge < -0.3 is 0 Å². The van der Waals surface area contributed by atoms with Crippen LogP contribution in [0.4, 0.5) is 0 Å². The Bertz CT molecular complexity index is 505. The third kappa shape index (κ3) is 1.99. The number of nitrogens with zero attached hydrogens (tertiary/aromatic N) is 2. The van der Waals surface area contributed by atoms with Gasteiger partial charge >= 0.3 is 0 Å². The summed E-state index contributed by atoms with van der Waals surface area (Å²) in [6.07, 6.45) is 4.03. The van der Waals surface area contributed by atoms with Crippen molar-refractivity contribution in [3.63, 3.8) is 0 Å². The highest BCUT2D eigenvalue weighted by Crippen LogP contribution is 2.19. The first kappa shape index (κ1) is 10.1. The molecule has 0 N–H and O–H groups in total. The number of aldehydes is 1. The number of hydrogen-bond donors (Lipinski definition) is 0. The number of hydrogen-bond acceptors (Lipinski definition) is 2. The predicted molar refractivity (Wildman–Crippen MR) is 61.4 cm³/mol. The number of benzene rings is 1. The monoisotopic (exact) mass is 264 g/mol. The molecule has 0 spiro atoms. The second-order valence-electron chi connectivity index (χ2n) is 3.27. The number of aryl methyl sites for hydroxylation is 1. The van der Waals surface area contributed by atoms with E-state index in [1.54, 1.807) is 17.1 Å². The van der Waals surface area contributed by atoms with Gasteiger partial charge in [0.1, 0.15) is 0 Å². The highest BCUT2D eigenvalue weighted by Gasteiger charge is 2.01. The highest BCUT2D eigenvalue weighted by atomic mass is 79.9. The SMILES string of the molecule is Cc1ccc(-n2cc(C=O)cn2)cc1Br. The molecule has 0 atom stereocenters. The molecule has 1 aromatic heterocycles. The Labute approximate surface area is 95.9 Å². The lowest BCUT2D eigenvalue weighted by molar-refractivity contribution is 0.112. The Morgan fingerprint density at radius 2 is 2.27 bits per heavy atom. The van der Waals surface area contributed by atoms with Gasteiger partial charge in [0.05, 0.1) is 17.4 Å². The molecule has 0 saturated carbocycles. The molecular formula is C11H9BrN2O. The van der Waals surface area contributed by atoms with Crippen LogP contribution < -0.4 is 0 Å². The maximum atomic E-state index is 10.5. The van der Waals surface area contributed by atoms with Gasteiger partial charge in [0.15, 0.2) is 6.29 Å². The van der Waals surface area contributed by atoms with E-state index in [0.717, 1.165) is 16.4 Å². The number of carbonyl (C=O) groups excluding carboxylic acids is 1. The lowest BCUT2D eigenvalue weighted by Crippen LogP contribution is -1.94. The molecule has 2 aromatic rings. The minimum atomic E-state index is 0.576. The molecule has 0 radical (unpaired) electrons. The molecule has 4 heteroatoms. The summed E-state index contributed by atoms with van der Waals surface area (Å²) in [4.78, 5) is 10.5. The predicted octanol–water partition coefficient (Wildman–Crippen LogP) is 2.76. The van der Waals surface area contributed by atoms with Crippen LogP contribution in [0.1, 0.15) is 15.9 Å². The van der Waals surface area contributed by atoms with Crippen molar-refractivity contribution in [1.29, 1.82) is 0 Å². The quantitative estimate of drug-likeness (QED) is 0.782. The maximum absolute atomic E-state index is 10.5. The van der Waals surface area contributed by atoms with E-state index >= 15 is 0 Å². The van der Waals surface area contributed by atoms with Crippen LogP contribution in [-0.4, -0.2) is 16.1 Å². The number of halogens is 1. The molecule has 15 heavy (non-hydrogen) atoms. The zero-order valence-electron chi connectivity index (χ0n) is 8.14. The van der Waals surface area contributed by atoms with Crippen LogP contribution in [0.2, 0.25) is 0 Å². The van der Waals surface area contributed by atoms with Gasteiger partial charge in [-0.3, -0.25) is 4.79 Å². The van der Waals surface area contributed by atoms with Gasteiger partial charge in [0.2, 0.25) is 0 Å².